The fourth-order valence-electron chi connectivity index (χ4n) is 2.39. The van der Waals surface area contributed by atoms with Crippen LogP contribution in [0.1, 0.15) is 13.8 Å². The van der Waals surface area contributed by atoms with E-state index < -0.39 is 0 Å². The maximum Gasteiger partial charge on any atom is 4.00 e. The predicted molar refractivity (Wildman–Crippen MR) is 125 cm³/mol. The molecule has 0 aliphatic heterocycles. The van der Waals surface area contributed by atoms with E-state index in [0.29, 0.717) is 0 Å². The first kappa shape index (κ1) is 27.9. The van der Waals surface area contributed by atoms with Crippen molar-refractivity contribution >= 4 is 0 Å². The van der Waals surface area contributed by atoms with Gasteiger partial charge >= 0.3 is 21.7 Å². The Kier molecular flexibility index (Phi) is 15.0. The van der Waals surface area contributed by atoms with E-state index in [1.807, 2.05) is 12.1 Å². The van der Waals surface area contributed by atoms with E-state index >= 15 is 0 Å². The maximum atomic E-state index is 9.33. The number of hydrogen-bond acceptors (Lipinski definition) is 2. The van der Waals surface area contributed by atoms with Crippen molar-refractivity contribution < 1.29 is 31.9 Å². The first-order valence-corrected chi connectivity index (χ1v) is 9.59. The van der Waals surface area contributed by atoms with E-state index in [2.05, 4.69) is 110 Å². The Morgan fingerprint density at radius 1 is 0.548 bits per heavy atom. The van der Waals surface area contributed by atoms with Gasteiger partial charge in [0.25, 0.3) is 0 Å². The Morgan fingerprint density at radius 3 is 1.00 bits per heavy atom. The quantitative estimate of drug-likeness (QED) is 0.219. The molecule has 4 aromatic rings. The van der Waals surface area contributed by atoms with Crippen LogP contribution in [0.5, 0.6) is 0 Å². The van der Waals surface area contributed by atoms with E-state index in [1.165, 1.54) is 36.1 Å². The summed E-state index contributed by atoms with van der Waals surface area (Å²) in [7, 11) is 0. The van der Waals surface area contributed by atoms with Crippen molar-refractivity contribution in [2.45, 2.75) is 13.8 Å². The maximum absolute atomic E-state index is 9.33. The van der Waals surface area contributed by atoms with Gasteiger partial charge in [0.1, 0.15) is 0 Å². The van der Waals surface area contributed by atoms with Gasteiger partial charge in [0.2, 0.25) is 0 Å². The third-order valence-corrected chi connectivity index (χ3v) is 3.54. The number of allylic oxidation sites excluding steroid dienone is 2. The van der Waals surface area contributed by atoms with E-state index in [4.69, 9.17) is 0 Å². The molecule has 0 saturated carbocycles. The molecule has 0 bridgehead atoms. The molecule has 0 amide bonds. The molecule has 0 saturated heterocycles. The van der Waals surface area contributed by atoms with Crippen LogP contribution in [0.3, 0.4) is 0 Å². The largest absolute Gasteiger partial charge is 4.00 e. The van der Waals surface area contributed by atoms with Gasteiger partial charge in [-0.2, -0.15) is 24.3 Å². The van der Waals surface area contributed by atoms with E-state index in [0.717, 1.165) is 0 Å². The van der Waals surface area contributed by atoms with Gasteiger partial charge in [-0.3, -0.25) is 0 Å². The number of hydrogen-bond donors (Lipinski definition) is 0. The van der Waals surface area contributed by atoms with Crippen LogP contribution in [0.25, 0.3) is 22.3 Å². The normalized spacial score (nSPS) is 8.58. The molecule has 0 atom stereocenters. The van der Waals surface area contributed by atoms with Crippen molar-refractivity contribution in [1.29, 1.82) is 0 Å². The molecule has 0 aliphatic rings. The van der Waals surface area contributed by atoms with Crippen LogP contribution in [0.4, 0.5) is 0 Å². The average Bonchev–Trinajstić information content (AvgIpc) is 3.43. The Hall–Kier alpha value is -3.07. The molecule has 0 heterocycles. The van der Waals surface area contributed by atoms with Gasteiger partial charge in [-0.15, -0.1) is 84.3 Å². The van der Waals surface area contributed by atoms with Crippen molar-refractivity contribution in [2.75, 3.05) is 0 Å². The molecule has 0 fully saturated rings. The van der Waals surface area contributed by atoms with Crippen LogP contribution in [-0.2, 0) is 21.7 Å². The summed E-state index contributed by atoms with van der Waals surface area (Å²) in [6.07, 6.45) is 0. The van der Waals surface area contributed by atoms with Crippen LogP contribution in [0.2, 0.25) is 0 Å². The molecule has 4 aromatic carbocycles. The molecule has 3 heteroatoms. The molecular formula is C28H28O2Ti. The molecular weight excluding hydrogens is 416 g/mol. The van der Waals surface area contributed by atoms with Crippen molar-refractivity contribution in [3.05, 3.63) is 134 Å². The van der Waals surface area contributed by atoms with E-state index in [-0.39, 0.29) is 33.2 Å². The molecule has 0 radical (unpaired) electrons. The Balaban J connectivity index is 0.000000427. The van der Waals surface area contributed by atoms with E-state index in [1.54, 1.807) is 0 Å². The van der Waals surface area contributed by atoms with Crippen molar-refractivity contribution in [3.63, 3.8) is 0 Å². The van der Waals surface area contributed by atoms with Crippen LogP contribution < -0.4 is 10.2 Å². The standard InChI is InChI=1S/2C11H9.2C3H6O.Ti/c2*1-2-6-10(7-3-1)11-8-4-5-9-11;2*1-3(2)4;/h2*1-9H;2*4H,1H2,2H3;/q2*-1;;;+4/p-2. The summed E-state index contributed by atoms with van der Waals surface area (Å²) >= 11 is 0. The zero-order valence-electron chi connectivity index (χ0n) is 18.1. The zero-order chi connectivity index (χ0) is 22.2. The third-order valence-electron chi connectivity index (χ3n) is 3.54. The molecule has 0 unspecified atom stereocenters. The second kappa shape index (κ2) is 16.7. The topological polar surface area (TPSA) is 46.1 Å². The fourth-order valence-corrected chi connectivity index (χ4v) is 2.39. The number of rotatable bonds is 2. The summed E-state index contributed by atoms with van der Waals surface area (Å²) in [5, 5.41) is 18.7. The van der Waals surface area contributed by atoms with Gasteiger partial charge < -0.3 is 10.2 Å². The van der Waals surface area contributed by atoms with Crippen molar-refractivity contribution in [1.82, 2.24) is 0 Å². The SMILES string of the molecule is C=C(C)[O-].C=C(C)[O-].[Ti+4].c1ccc(-[c-]2cccc2)cc1.c1ccc(-[c-]2cccc2)cc1. The molecule has 31 heavy (non-hydrogen) atoms. The molecule has 0 N–H and O–H groups in total. The minimum absolute atomic E-state index is 0. The first-order chi connectivity index (χ1) is 14.4. The van der Waals surface area contributed by atoms with Gasteiger partial charge in [0, 0.05) is 0 Å². The number of benzene rings is 2. The molecule has 4 rings (SSSR count). The summed E-state index contributed by atoms with van der Waals surface area (Å²) in [6.45, 7) is 8.83. The molecule has 2 nitrogen and oxygen atoms in total. The summed E-state index contributed by atoms with van der Waals surface area (Å²) in [5.74, 6) is -0.167. The van der Waals surface area contributed by atoms with Gasteiger partial charge in [0.15, 0.2) is 0 Å². The molecule has 0 aliphatic carbocycles. The second-order valence-electron chi connectivity index (χ2n) is 6.48. The average molecular weight is 444 g/mol. The van der Waals surface area contributed by atoms with Crippen molar-refractivity contribution in [3.8, 4) is 22.3 Å². The first-order valence-electron chi connectivity index (χ1n) is 9.59. The third kappa shape index (κ3) is 13.7. The minimum atomic E-state index is -0.0833. The monoisotopic (exact) mass is 444 g/mol. The molecule has 0 aromatic heterocycles. The van der Waals surface area contributed by atoms with Crippen LogP contribution in [0.15, 0.2) is 134 Å². The second-order valence-corrected chi connectivity index (χ2v) is 6.48. The summed E-state index contributed by atoms with van der Waals surface area (Å²) < 4.78 is 0. The Bertz CT molecular complexity index is 849. The van der Waals surface area contributed by atoms with Crippen LogP contribution in [0, 0.1) is 0 Å². The molecule has 156 valence electrons. The van der Waals surface area contributed by atoms with Crippen LogP contribution in [-0.4, -0.2) is 0 Å². The predicted octanol–water partition coefficient (Wildman–Crippen LogP) is 5.90. The Morgan fingerprint density at radius 2 is 0.774 bits per heavy atom. The zero-order valence-corrected chi connectivity index (χ0v) is 19.7. The van der Waals surface area contributed by atoms with E-state index in [9.17, 15) is 10.2 Å². The summed E-state index contributed by atoms with van der Waals surface area (Å²) in [5.41, 5.74) is 5.17. The smallest absolute Gasteiger partial charge is 0.876 e. The minimum Gasteiger partial charge on any atom is -0.876 e. The molecule has 0 spiro atoms. The van der Waals surface area contributed by atoms with Crippen LogP contribution >= 0.6 is 0 Å². The van der Waals surface area contributed by atoms with Gasteiger partial charge in [-0.05, 0) is 0 Å². The summed E-state index contributed by atoms with van der Waals surface area (Å²) in [4.78, 5) is 0. The Labute approximate surface area is 201 Å². The van der Waals surface area contributed by atoms with Gasteiger partial charge in [-0.25, -0.2) is 0 Å². The van der Waals surface area contributed by atoms with Gasteiger partial charge in [-0.1, -0.05) is 61.4 Å². The van der Waals surface area contributed by atoms with Crippen molar-refractivity contribution in [2.24, 2.45) is 0 Å². The summed E-state index contributed by atoms with van der Waals surface area (Å²) in [6, 6.07) is 37.5. The van der Waals surface area contributed by atoms with Gasteiger partial charge in [0.05, 0.1) is 0 Å². The fraction of sp³-hybridized carbons (Fsp3) is 0.0714.